The van der Waals surface area contributed by atoms with Crippen LogP contribution in [0.3, 0.4) is 0 Å². The fraction of sp³-hybridized carbons (Fsp3) is 0.350. The Kier molecular flexibility index (Phi) is 5.43. The van der Waals surface area contributed by atoms with Gasteiger partial charge in [0, 0.05) is 19.2 Å². The summed E-state index contributed by atoms with van der Waals surface area (Å²) >= 11 is 0. The number of hydrogen-bond acceptors (Lipinski definition) is 4. The maximum atomic E-state index is 13.1. The van der Waals surface area contributed by atoms with Gasteiger partial charge >= 0.3 is 0 Å². The molecule has 2 aromatic carbocycles. The fourth-order valence-electron chi connectivity index (χ4n) is 3.13. The Morgan fingerprint density at radius 1 is 1.04 bits per heavy atom. The number of carbonyl (C=O) groups excluding carboxylic acids is 1. The van der Waals surface area contributed by atoms with Gasteiger partial charge in [-0.05, 0) is 30.5 Å². The van der Waals surface area contributed by atoms with Gasteiger partial charge in [0.15, 0.2) is 0 Å². The molecule has 3 rings (SSSR count). The van der Waals surface area contributed by atoms with Crippen LogP contribution in [0.25, 0.3) is 0 Å². The van der Waals surface area contributed by atoms with Crippen LogP contribution in [0.5, 0.6) is 11.5 Å². The number of methoxy groups -OCH3 is 2. The zero-order valence-corrected chi connectivity index (χ0v) is 14.7. The summed E-state index contributed by atoms with van der Waals surface area (Å²) in [6.07, 6.45) is 2.14. The molecule has 1 N–H and O–H groups in total. The average Bonchev–Trinajstić information content (AvgIpc) is 3.21. The minimum absolute atomic E-state index is 0.0987. The molecule has 1 aliphatic rings. The topological polar surface area (TPSA) is 50.8 Å². The molecule has 0 spiro atoms. The Morgan fingerprint density at radius 2 is 1.76 bits per heavy atom. The van der Waals surface area contributed by atoms with Gasteiger partial charge in [-0.2, -0.15) is 0 Å². The molecule has 2 aromatic rings. The van der Waals surface area contributed by atoms with Crippen molar-refractivity contribution >= 4 is 11.6 Å². The number of hydrogen-bond donors (Lipinski definition) is 1. The van der Waals surface area contributed by atoms with Crippen LogP contribution in [0.2, 0.25) is 0 Å². The monoisotopic (exact) mass is 340 g/mol. The summed E-state index contributed by atoms with van der Waals surface area (Å²) in [7, 11) is 3.23. The van der Waals surface area contributed by atoms with Crippen LogP contribution in [0.15, 0.2) is 48.5 Å². The number of amides is 1. The molecule has 1 amide bonds. The van der Waals surface area contributed by atoms with Gasteiger partial charge in [0.25, 0.3) is 0 Å². The van der Waals surface area contributed by atoms with Crippen molar-refractivity contribution in [3.8, 4) is 11.5 Å². The van der Waals surface area contributed by atoms with Crippen LogP contribution >= 0.6 is 0 Å². The zero-order valence-electron chi connectivity index (χ0n) is 14.7. The normalized spacial score (nSPS) is 14.9. The number of nitrogens with one attached hydrogen (secondary N) is 1. The number of carbonyl (C=O) groups is 1. The number of nitrogens with zero attached hydrogens (tertiary/aromatic N) is 1. The lowest BCUT2D eigenvalue weighted by molar-refractivity contribution is -0.131. The molecule has 1 atom stereocenters. The lowest BCUT2D eigenvalue weighted by atomic mass is 10.0. The molecular formula is C20H24N2O3. The van der Waals surface area contributed by atoms with E-state index in [1.54, 1.807) is 14.2 Å². The molecule has 132 valence electrons. The lowest BCUT2D eigenvalue weighted by Crippen LogP contribution is -2.36. The average molecular weight is 340 g/mol. The van der Waals surface area contributed by atoms with Crippen molar-refractivity contribution in [2.75, 3.05) is 32.6 Å². The van der Waals surface area contributed by atoms with E-state index in [4.69, 9.17) is 9.47 Å². The Morgan fingerprint density at radius 3 is 2.40 bits per heavy atom. The van der Waals surface area contributed by atoms with Crippen LogP contribution in [-0.4, -0.2) is 38.1 Å². The second-order valence-electron chi connectivity index (χ2n) is 6.09. The molecule has 5 nitrogen and oxygen atoms in total. The zero-order chi connectivity index (χ0) is 17.6. The first-order valence-corrected chi connectivity index (χ1v) is 8.55. The molecule has 0 bridgehead atoms. The maximum absolute atomic E-state index is 13.1. The van der Waals surface area contributed by atoms with Crippen molar-refractivity contribution in [3.05, 3.63) is 54.1 Å². The van der Waals surface area contributed by atoms with Gasteiger partial charge in [0.05, 0.1) is 19.9 Å². The predicted octanol–water partition coefficient (Wildman–Crippen LogP) is 3.48. The van der Waals surface area contributed by atoms with Gasteiger partial charge in [-0.1, -0.05) is 30.3 Å². The third kappa shape index (κ3) is 3.87. The smallest absolute Gasteiger partial charge is 0.249 e. The van der Waals surface area contributed by atoms with E-state index in [0.717, 1.165) is 37.2 Å². The first kappa shape index (κ1) is 17.1. The third-order valence-electron chi connectivity index (χ3n) is 4.51. The Balaban J connectivity index is 1.91. The second-order valence-corrected chi connectivity index (χ2v) is 6.09. The van der Waals surface area contributed by atoms with Crippen molar-refractivity contribution in [3.63, 3.8) is 0 Å². The summed E-state index contributed by atoms with van der Waals surface area (Å²) in [5, 5.41) is 3.37. The second kappa shape index (κ2) is 7.92. The Hall–Kier alpha value is -2.69. The summed E-state index contributed by atoms with van der Waals surface area (Å²) in [6.45, 7) is 1.65. The molecule has 0 aliphatic carbocycles. The van der Waals surface area contributed by atoms with Gasteiger partial charge in [-0.25, -0.2) is 0 Å². The summed E-state index contributed by atoms with van der Waals surface area (Å²) in [6, 6.07) is 14.9. The molecule has 0 saturated carbocycles. The van der Waals surface area contributed by atoms with Gasteiger partial charge in [-0.15, -0.1) is 0 Å². The number of anilines is 1. The molecule has 0 radical (unpaired) electrons. The lowest BCUT2D eigenvalue weighted by Gasteiger charge is -2.26. The molecule has 1 unspecified atom stereocenters. The van der Waals surface area contributed by atoms with Crippen LogP contribution < -0.4 is 14.8 Å². The Labute approximate surface area is 148 Å². The van der Waals surface area contributed by atoms with Crippen LogP contribution in [0.1, 0.15) is 24.4 Å². The van der Waals surface area contributed by atoms with E-state index < -0.39 is 6.04 Å². The standard InChI is InChI=1S/C20H24N2O3/c1-24-16-10-11-17(18(14-16)25-2)21-19(15-8-4-3-5-9-15)20(23)22-12-6-7-13-22/h3-5,8-11,14,19,21H,6-7,12-13H2,1-2H3. The summed E-state index contributed by atoms with van der Waals surface area (Å²) in [5.41, 5.74) is 1.71. The van der Waals surface area contributed by atoms with E-state index in [9.17, 15) is 4.79 Å². The minimum Gasteiger partial charge on any atom is -0.497 e. The molecule has 1 fully saturated rings. The first-order valence-electron chi connectivity index (χ1n) is 8.55. The van der Waals surface area contributed by atoms with Crippen LogP contribution in [0.4, 0.5) is 5.69 Å². The molecule has 1 heterocycles. The highest BCUT2D eigenvalue weighted by atomic mass is 16.5. The number of likely N-dealkylation sites (tertiary alicyclic amines) is 1. The highest BCUT2D eigenvalue weighted by Crippen LogP contribution is 2.33. The molecular weight excluding hydrogens is 316 g/mol. The van der Waals surface area contributed by atoms with E-state index in [1.165, 1.54) is 0 Å². The van der Waals surface area contributed by atoms with Gasteiger partial charge in [0.2, 0.25) is 5.91 Å². The van der Waals surface area contributed by atoms with Gasteiger partial charge in [-0.3, -0.25) is 4.79 Å². The van der Waals surface area contributed by atoms with E-state index in [1.807, 2.05) is 53.4 Å². The quantitative estimate of drug-likeness (QED) is 0.875. The van der Waals surface area contributed by atoms with E-state index in [2.05, 4.69) is 5.32 Å². The largest absolute Gasteiger partial charge is 0.497 e. The Bertz CT molecular complexity index is 712. The number of benzene rings is 2. The predicted molar refractivity (Wildman–Crippen MR) is 98.2 cm³/mol. The third-order valence-corrected chi connectivity index (χ3v) is 4.51. The molecule has 1 saturated heterocycles. The number of ether oxygens (including phenoxy) is 2. The van der Waals surface area contributed by atoms with Gasteiger partial charge in [0.1, 0.15) is 17.5 Å². The van der Waals surface area contributed by atoms with Crippen LogP contribution in [-0.2, 0) is 4.79 Å². The molecule has 0 aromatic heterocycles. The summed E-state index contributed by atoms with van der Waals surface area (Å²) < 4.78 is 10.7. The van der Waals surface area contributed by atoms with Crippen LogP contribution in [0, 0.1) is 0 Å². The summed E-state index contributed by atoms with van der Waals surface area (Å²) in [4.78, 5) is 15.0. The first-order chi connectivity index (χ1) is 12.2. The molecule has 5 heteroatoms. The number of rotatable bonds is 6. The summed E-state index contributed by atoms with van der Waals surface area (Å²) in [5.74, 6) is 1.46. The van der Waals surface area contributed by atoms with Crippen molar-refractivity contribution in [2.45, 2.75) is 18.9 Å². The highest BCUT2D eigenvalue weighted by Gasteiger charge is 2.28. The van der Waals surface area contributed by atoms with Crippen molar-refractivity contribution in [2.24, 2.45) is 0 Å². The SMILES string of the molecule is COc1ccc(NC(C(=O)N2CCCC2)c2ccccc2)c(OC)c1. The minimum atomic E-state index is -0.443. The van der Waals surface area contributed by atoms with E-state index in [0.29, 0.717) is 11.5 Å². The molecule has 1 aliphatic heterocycles. The van der Waals surface area contributed by atoms with Crippen molar-refractivity contribution in [1.29, 1.82) is 0 Å². The van der Waals surface area contributed by atoms with E-state index >= 15 is 0 Å². The maximum Gasteiger partial charge on any atom is 0.249 e. The highest BCUT2D eigenvalue weighted by molar-refractivity contribution is 5.87. The van der Waals surface area contributed by atoms with Crippen molar-refractivity contribution in [1.82, 2.24) is 4.90 Å². The fourth-order valence-corrected chi connectivity index (χ4v) is 3.13. The molecule has 25 heavy (non-hydrogen) atoms. The van der Waals surface area contributed by atoms with Gasteiger partial charge < -0.3 is 19.7 Å². The van der Waals surface area contributed by atoms with E-state index in [-0.39, 0.29) is 5.91 Å². The van der Waals surface area contributed by atoms with Crippen molar-refractivity contribution < 1.29 is 14.3 Å².